The van der Waals surface area contributed by atoms with E-state index < -0.39 is 28.8 Å². The Morgan fingerprint density at radius 3 is 1.87 bits per heavy atom. The van der Waals surface area contributed by atoms with Crippen LogP contribution in [0.4, 0.5) is 15.8 Å². The molecule has 0 saturated heterocycles. The lowest BCUT2D eigenvalue weighted by Gasteiger charge is -2.18. The van der Waals surface area contributed by atoms with Crippen molar-refractivity contribution in [1.82, 2.24) is 5.32 Å². The molecule has 10 heteroatoms. The van der Waals surface area contributed by atoms with Gasteiger partial charge in [-0.05, 0) is 78.4 Å². The van der Waals surface area contributed by atoms with Crippen LogP contribution in [0, 0.1) is 5.82 Å². The maximum atomic E-state index is 14.5. The van der Waals surface area contributed by atoms with Crippen LogP contribution in [0.5, 0.6) is 0 Å². The molecule has 1 atom stereocenters. The highest BCUT2D eigenvalue weighted by Crippen LogP contribution is 2.37. The molecule has 5 aromatic carbocycles. The molecule has 234 valence electrons. The number of hydrogen-bond donors (Lipinski definition) is 4. The van der Waals surface area contributed by atoms with Crippen molar-refractivity contribution in [3.63, 3.8) is 0 Å². The lowest BCUT2D eigenvalue weighted by Crippen LogP contribution is -2.30. The molecule has 5 aromatic rings. The van der Waals surface area contributed by atoms with Crippen LogP contribution in [0.15, 0.2) is 144 Å². The molecule has 0 aliphatic rings. The lowest BCUT2D eigenvalue weighted by atomic mass is 10.1. The molecular formula is C37H29FN4O4S. The van der Waals surface area contributed by atoms with Gasteiger partial charge in [0, 0.05) is 33.0 Å². The SMILES string of the molecule is NC(=O)c1ccc(NC(=O)C(Sc2ccc(NC(=O)/C(=C/c3ccccc3F)NC(=O)c3ccccc3)cc2)c2ccccc2)cc1. The second kappa shape index (κ2) is 15.3. The third kappa shape index (κ3) is 8.80. The highest BCUT2D eigenvalue weighted by molar-refractivity contribution is 8.00. The van der Waals surface area contributed by atoms with E-state index in [1.54, 1.807) is 84.9 Å². The van der Waals surface area contributed by atoms with E-state index in [1.165, 1.54) is 36.0 Å². The summed E-state index contributed by atoms with van der Waals surface area (Å²) < 4.78 is 14.5. The van der Waals surface area contributed by atoms with Gasteiger partial charge in [-0.3, -0.25) is 19.2 Å². The van der Waals surface area contributed by atoms with Gasteiger partial charge < -0.3 is 21.7 Å². The van der Waals surface area contributed by atoms with Crippen LogP contribution in [-0.4, -0.2) is 23.6 Å². The Labute approximate surface area is 274 Å². The van der Waals surface area contributed by atoms with E-state index in [1.807, 2.05) is 30.3 Å². The molecule has 0 fully saturated rings. The fourth-order valence-corrected chi connectivity index (χ4v) is 5.49. The van der Waals surface area contributed by atoms with Gasteiger partial charge in [0.15, 0.2) is 0 Å². The van der Waals surface area contributed by atoms with Crippen LogP contribution in [0.25, 0.3) is 6.08 Å². The van der Waals surface area contributed by atoms with Gasteiger partial charge in [-0.25, -0.2) is 4.39 Å². The maximum Gasteiger partial charge on any atom is 0.272 e. The van der Waals surface area contributed by atoms with Crippen molar-refractivity contribution >= 4 is 52.8 Å². The van der Waals surface area contributed by atoms with Crippen molar-refractivity contribution in [1.29, 1.82) is 0 Å². The predicted molar refractivity (Wildman–Crippen MR) is 182 cm³/mol. The summed E-state index contributed by atoms with van der Waals surface area (Å²) in [6.07, 6.45) is 1.28. The van der Waals surface area contributed by atoms with Crippen LogP contribution in [-0.2, 0) is 9.59 Å². The van der Waals surface area contributed by atoms with E-state index in [2.05, 4.69) is 16.0 Å². The molecule has 0 heterocycles. The number of thioether (sulfide) groups is 1. The van der Waals surface area contributed by atoms with Gasteiger partial charge in [0.1, 0.15) is 16.8 Å². The summed E-state index contributed by atoms with van der Waals surface area (Å²) in [7, 11) is 0. The second-order valence-electron chi connectivity index (χ2n) is 10.2. The van der Waals surface area contributed by atoms with E-state index in [0.717, 1.165) is 10.5 Å². The first-order valence-electron chi connectivity index (χ1n) is 14.4. The number of hydrogen-bond acceptors (Lipinski definition) is 5. The first-order valence-corrected chi connectivity index (χ1v) is 15.3. The number of amides is 4. The molecule has 8 nitrogen and oxygen atoms in total. The van der Waals surface area contributed by atoms with Crippen LogP contribution < -0.4 is 21.7 Å². The molecule has 0 saturated carbocycles. The zero-order chi connectivity index (χ0) is 33.2. The predicted octanol–water partition coefficient (Wildman–Crippen LogP) is 6.81. The number of rotatable bonds is 11. The summed E-state index contributed by atoms with van der Waals surface area (Å²) in [6, 6.07) is 36.7. The number of primary amides is 1. The van der Waals surface area contributed by atoms with Gasteiger partial charge >= 0.3 is 0 Å². The van der Waals surface area contributed by atoms with Gasteiger partial charge in [0.2, 0.25) is 11.8 Å². The van der Waals surface area contributed by atoms with Gasteiger partial charge in [-0.15, -0.1) is 11.8 Å². The lowest BCUT2D eigenvalue weighted by molar-refractivity contribution is -0.116. The molecule has 5 rings (SSSR count). The van der Waals surface area contributed by atoms with Crippen molar-refractivity contribution in [3.05, 3.63) is 167 Å². The molecule has 1 unspecified atom stereocenters. The Balaban J connectivity index is 1.32. The first kappa shape index (κ1) is 32.4. The minimum atomic E-state index is -0.651. The topological polar surface area (TPSA) is 130 Å². The summed E-state index contributed by atoms with van der Waals surface area (Å²) in [5.41, 5.74) is 7.68. The quantitative estimate of drug-likeness (QED) is 0.0928. The van der Waals surface area contributed by atoms with Crippen molar-refractivity contribution in [2.24, 2.45) is 5.73 Å². The minimum absolute atomic E-state index is 0.131. The fraction of sp³-hybridized carbons (Fsp3) is 0.0270. The Morgan fingerprint density at radius 2 is 1.23 bits per heavy atom. The van der Waals surface area contributed by atoms with E-state index in [4.69, 9.17) is 5.73 Å². The Hall–Kier alpha value is -6.00. The average molecular weight is 645 g/mol. The van der Waals surface area contributed by atoms with Gasteiger partial charge in [0.05, 0.1) is 0 Å². The minimum Gasteiger partial charge on any atom is -0.366 e. The average Bonchev–Trinajstić information content (AvgIpc) is 3.09. The number of carbonyl (C=O) groups excluding carboxylic acids is 4. The fourth-order valence-electron chi connectivity index (χ4n) is 4.47. The number of anilines is 2. The van der Waals surface area contributed by atoms with E-state index >= 15 is 0 Å². The molecule has 0 aromatic heterocycles. The van der Waals surface area contributed by atoms with Crippen molar-refractivity contribution < 1.29 is 23.6 Å². The molecule has 5 N–H and O–H groups in total. The number of carbonyl (C=O) groups is 4. The monoisotopic (exact) mass is 644 g/mol. The van der Waals surface area contributed by atoms with Crippen LogP contribution in [0.2, 0.25) is 0 Å². The smallest absolute Gasteiger partial charge is 0.272 e. The highest BCUT2D eigenvalue weighted by atomic mass is 32.2. The molecule has 0 aliphatic carbocycles. The van der Waals surface area contributed by atoms with Crippen molar-refractivity contribution in [2.45, 2.75) is 10.1 Å². The number of halogens is 1. The standard InChI is InChI=1S/C37H29FN4O4S/c38-31-14-8-7-13-27(31)23-32(42-35(44)26-11-5-2-6-12-26)36(45)40-29-19-21-30(22-20-29)47-33(24-9-3-1-4-10-24)37(46)41-28-17-15-25(16-18-28)34(39)43/h1-23,33H,(H2,39,43)(H,40,45)(H,41,46)(H,42,44)/b32-23-. The molecule has 0 radical (unpaired) electrons. The second-order valence-corrected chi connectivity index (χ2v) is 11.4. The van der Waals surface area contributed by atoms with Crippen LogP contribution in [0.1, 0.15) is 37.1 Å². The van der Waals surface area contributed by atoms with Gasteiger partial charge in [0.25, 0.3) is 11.8 Å². The summed E-state index contributed by atoms with van der Waals surface area (Å²) in [5, 5.41) is 7.61. The summed E-state index contributed by atoms with van der Waals surface area (Å²) in [4.78, 5) is 51.8. The third-order valence-corrected chi connectivity index (χ3v) is 8.14. The van der Waals surface area contributed by atoms with E-state index in [-0.39, 0.29) is 17.2 Å². The number of benzene rings is 5. The first-order chi connectivity index (χ1) is 22.8. The Kier molecular flexibility index (Phi) is 10.6. The van der Waals surface area contributed by atoms with Crippen molar-refractivity contribution in [2.75, 3.05) is 10.6 Å². The zero-order valence-corrected chi connectivity index (χ0v) is 25.7. The Bertz CT molecular complexity index is 1920. The zero-order valence-electron chi connectivity index (χ0n) is 24.9. The molecule has 47 heavy (non-hydrogen) atoms. The van der Waals surface area contributed by atoms with E-state index in [0.29, 0.717) is 22.5 Å². The number of nitrogens with one attached hydrogen (secondary N) is 3. The number of nitrogens with two attached hydrogens (primary N) is 1. The maximum absolute atomic E-state index is 14.5. The molecule has 0 bridgehead atoms. The largest absolute Gasteiger partial charge is 0.366 e. The summed E-state index contributed by atoms with van der Waals surface area (Å²) >= 11 is 1.31. The normalized spacial score (nSPS) is 11.6. The highest BCUT2D eigenvalue weighted by Gasteiger charge is 2.23. The summed E-state index contributed by atoms with van der Waals surface area (Å²) in [5.74, 6) is -2.56. The van der Waals surface area contributed by atoms with E-state index in [9.17, 15) is 23.6 Å². The van der Waals surface area contributed by atoms with Crippen LogP contribution in [0.3, 0.4) is 0 Å². The molecular weight excluding hydrogens is 615 g/mol. The van der Waals surface area contributed by atoms with Gasteiger partial charge in [-0.1, -0.05) is 66.7 Å². The molecule has 4 amide bonds. The van der Waals surface area contributed by atoms with Crippen LogP contribution >= 0.6 is 11.8 Å². The van der Waals surface area contributed by atoms with Crippen molar-refractivity contribution in [3.8, 4) is 0 Å². The van der Waals surface area contributed by atoms with Gasteiger partial charge in [-0.2, -0.15) is 0 Å². The Morgan fingerprint density at radius 1 is 0.660 bits per heavy atom. The third-order valence-electron chi connectivity index (χ3n) is 6.88. The summed E-state index contributed by atoms with van der Waals surface area (Å²) in [6.45, 7) is 0. The molecule has 0 spiro atoms. The molecule has 0 aliphatic heterocycles.